The maximum Gasteiger partial charge on any atom is 0.273 e. The Morgan fingerprint density at radius 1 is 1.21 bits per heavy atom. The number of amides is 1. The Hall–Kier alpha value is -2.89. The van der Waals surface area contributed by atoms with E-state index in [1.807, 2.05) is 36.7 Å². The van der Waals surface area contributed by atoms with Crippen LogP contribution in [0.25, 0.3) is 11.1 Å². The molecule has 1 aromatic carbocycles. The van der Waals surface area contributed by atoms with Crippen molar-refractivity contribution < 1.29 is 9.32 Å². The fraction of sp³-hybridized carbons (Fsp3) is 0.278. The molecule has 1 N–H and O–H groups in total. The van der Waals surface area contributed by atoms with Gasteiger partial charge in [-0.25, -0.2) is 0 Å². The maximum atomic E-state index is 12.0. The summed E-state index contributed by atoms with van der Waals surface area (Å²) in [6.45, 7) is 6.88. The lowest BCUT2D eigenvalue weighted by Crippen LogP contribution is -2.28. The molecule has 6 heteroatoms. The molecule has 0 radical (unpaired) electrons. The zero-order valence-electron chi connectivity index (χ0n) is 14.0. The van der Waals surface area contributed by atoms with Crippen molar-refractivity contribution in [2.75, 3.05) is 6.54 Å². The number of benzene rings is 1. The molecule has 0 saturated carbocycles. The molecule has 2 aromatic heterocycles. The van der Waals surface area contributed by atoms with E-state index in [1.165, 1.54) is 0 Å². The van der Waals surface area contributed by atoms with Crippen LogP contribution in [-0.2, 0) is 6.54 Å². The first-order chi connectivity index (χ1) is 11.6. The molecular weight excluding hydrogens is 304 g/mol. The fourth-order valence-electron chi connectivity index (χ4n) is 2.78. The van der Waals surface area contributed by atoms with E-state index in [1.54, 1.807) is 13.0 Å². The van der Waals surface area contributed by atoms with E-state index < -0.39 is 0 Å². The summed E-state index contributed by atoms with van der Waals surface area (Å²) < 4.78 is 6.83. The number of hydrogen-bond donors (Lipinski definition) is 1. The lowest BCUT2D eigenvalue weighted by Gasteiger charge is -2.06. The Bertz CT molecular complexity index is 849. The minimum absolute atomic E-state index is 0.239. The van der Waals surface area contributed by atoms with Crippen LogP contribution in [-0.4, -0.2) is 27.4 Å². The van der Waals surface area contributed by atoms with E-state index in [2.05, 4.69) is 27.7 Å². The number of aryl methyl sites for hydroxylation is 2. The Morgan fingerprint density at radius 3 is 2.62 bits per heavy atom. The summed E-state index contributed by atoms with van der Waals surface area (Å²) in [5, 5.41) is 11.1. The number of nitrogens with zero attached hydrogens (tertiary/aromatic N) is 3. The Balaban J connectivity index is 1.67. The molecule has 3 aromatic rings. The highest BCUT2D eigenvalue weighted by Crippen LogP contribution is 2.26. The second kappa shape index (κ2) is 6.70. The summed E-state index contributed by atoms with van der Waals surface area (Å²) in [5.74, 6) is 0.378. The molecule has 3 rings (SSSR count). The van der Waals surface area contributed by atoms with Crippen molar-refractivity contribution in [3.05, 3.63) is 59.2 Å². The third-order valence-electron chi connectivity index (χ3n) is 3.91. The number of nitrogens with one attached hydrogen (secondary N) is 1. The fourth-order valence-corrected chi connectivity index (χ4v) is 2.78. The summed E-state index contributed by atoms with van der Waals surface area (Å²) in [6, 6.07) is 11.8. The average Bonchev–Trinajstić information content (AvgIpc) is 3.12. The highest BCUT2D eigenvalue weighted by molar-refractivity contribution is 5.92. The molecule has 0 aliphatic carbocycles. The van der Waals surface area contributed by atoms with Gasteiger partial charge in [0.2, 0.25) is 0 Å². The zero-order chi connectivity index (χ0) is 17.1. The van der Waals surface area contributed by atoms with Gasteiger partial charge in [0, 0.05) is 23.9 Å². The van der Waals surface area contributed by atoms with Crippen LogP contribution in [0, 0.1) is 20.8 Å². The molecule has 0 bridgehead atoms. The molecule has 0 spiro atoms. The largest absolute Gasteiger partial charge is 0.361 e. The molecule has 0 atom stereocenters. The number of carbonyl (C=O) groups excluding carboxylic acids is 1. The second-order valence-corrected chi connectivity index (χ2v) is 5.71. The topological polar surface area (TPSA) is 73.0 Å². The first kappa shape index (κ1) is 16.0. The molecule has 2 heterocycles. The molecule has 24 heavy (non-hydrogen) atoms. The van der Waals surface area contributed by atoms with Gasteiger partial charge in [0.05, 0.1) is 12.2 Å². The lowest BCUT2D eigenvalue weighted by atomic mass is 10.0. The summed E-state index contributed by atoms with van der Waals surface area (Å²) >= 11 is 0. The van der Waals surface area contributed by atoms with Gasteiger partial charge in [-0.05, 0) is 26.3 Å². The van der Waals surface area contributed by atoms with Crippen molar-refractivity contribution >= 4 is 5.91 Å². The van der Waals surface area contributed by atoms with Gasteiger partial charge < -0.3 is 9.84 Å². The average molecular weight is 324 g/mol. The number of rotatable bonds is 5. The second-order valence-electron chi connectivity index (χ2n) is 5.71. The minimum Gasteiger partial charge on any atom is -0.361 e. The zero-order valence-corrected chi connectivity index (χ0v) is 14.0. The first-order valence-corrected chi connectivity index (χ1v) is 7.87. The van der Waals surface area contributed by atoms with Crippen molar-refractivity contribution in [2.24, 2.45) is 0 Å². The van der Waals surface area contributed by atoms with Crippen molar-refractivity contribution in [1.29, 1.82) is 0 Å². The van der Waals surface area contributed by atoms with Crippen LogP contribution >= 0.6 is 0 Å². The van der Waals surface area contributed by atoms with Gasteiger partial charge in [-0.1, -0.05) is 35.5 Å². The number of hydrogen-bond acceptors (Lipinski definition) is 4. The number of aromatic nitrogens is 3. The van der Waals surface area contributed by atoms with Gasteiger partial charge in [0.15, 0.2) is 5.69 Å². The highest BCUT2D eigenvalue weighted by Gasteiger charge is 2.14. The van der Waals surface area contributed by atoms with Crippen molar-refractivity contribution in [3.8, 4) is 11.1 Å². The Labute approximate surface area is 140 Å². The van der Waals surface area contributed by atoms with Crippen molar-refractivity contribution in [1.82, 2.24) is 20.3 Å². The first-order valence-electron chi connectivity index (χ1n) is 7.87. The molecule has 0 aliphatic heterocycles. The van der Waals surface area contributed by atoms with Crippen LogP contribution in [0.5, 0.6) is 0 Å². The molecule has 0 fully saturated rings. The van der Waals surface area contributed by atoms with Gasteiger partial charge in [0.25, 0.3) is 5.91 Å². The SMILES string of the molecule is Cc1cc(C(=O)NCCn2nc(C)c(-c3ccccc3)c2C)no1. The predicted octanol–water partition coefficient (Wildman–Crippen LogP) is 2.89. The van der Waals surface area contributed by atoms with Crippen LogP contribution < -0.4 is 5.32 Å². The highest BCUT2D eigenvalue weighted by atomic mass is 16.5. The smallest absolute Gasteiger partial charge is 0.273 e. The molecule has 0 unspecified atom stereocenters. The van der Waals surface area contributed by atoms with E-state index in [9.17, 15) is 4.79 Å². The monoisotopic (exact) mass is 324 g/mol. The molecule has 1 amide bonds. The van der Waals surface area contributed by atoms with Gasteiger partial charge >= 0.3 is 0 Å². The predicted molar refractivity (Wildman–Crippen MR) is 90.7 cm³/mol. The lowest BCUT2D eigenvalue weighted by molar-refractivity contribution is 0.0942. The summed E-state index contributed by atoms with van der Waals surface area (Å²) in [6.07, 6.45) is 0. The summed E-state index contributed by atoms with van der Waals surface area (Å²) in [5.41, 5.74) is 4.67. The molecule has 124 valence electrons. The van der Waals surface area contributed by atoms with E-state index in [0.717, 1.165) is 22.5 Å². The van der Waals surface area contributed by atoms with Gasteiger partial charge in [-0.2, -0.15) is 5.10 Å². The third kappa shape index (κ3) is 3.22. The van der Waals surface area contributed by atoms with Gasteiger partial charge in [0.1, 0.15) is 5.76 Å². The molecule has 0 saturated heterocycles. The van der Waals surface area contributed by atoms with Crippen LogP contribution in [0.15, 0.2) is 40.9 Å². The van der Waals surface area contributed by atoms with Crippen LogP contribution in [0.4, 0.5) is 0 Å². The van der Waals surface area contributed by atoms with E-state index in [-0.39, 0.29) is 5.91 Å². The van der Waals surface area contributed by atoms with Crippen LogP contribution in [0.3, 0.4) is 0 Å². The van der Waals surface area contributed by atoms with E-state index in [4.69, 9.17) is 4.52 Å². The van der Waals surface area contributed by atoms with Crippen LogP contribution in [0.1, 0.15) is 27.6 Å². The molecule has 0 aliphatic rings. The molecule has 6 nitrogen and oxygen atoms in total. The third-order valence-corrected chi connectivity index (χ3v) is 3.91. The Kier molecular flexibility index (Phi) is 4.46. The maximum absolute atomic E-state index is 12.0. The summed E-state index contributed by atoms with van der Waals surface area (Å²) in [7, 11) is 0. The Morgan fingerprint density at radius 2 is 1.96 bits per heavy atom. The van der Waals surface area contributed by atoms with Crippen LogP contribution in [0.2, 0.25) is 0 Å². The van der Waals surface area contributed by atoms with Gasteiger partial charge in [-0.3, -0.25) is 9.48 Å². The van der Waals surface area contributed by atoms with Crippen molar-refractivity contribution in [3.63, 3.8) is 0 Å². The van der Waals surface area contributed by atoms with E-state index in [0.29, 0.717) is 24.5 Å². The minimum atomic E-state index is -0.239. The normalized spacial score (nSPS) is 10.8. The quantitative estimate of drug-likeness (QED) is 0.783. The standard InChI is InChI=1S/C18H20N4O2/c1-12-11-16(21-24-12)18(23)19-9-10-22-14(3)17(13(2)20-22)15-7-5-4-6-8-15/h4-8,11H,9-10H2,1-3H3,(H,19,23). The summed E-state index contributed by atoms with van der Waals surface area (Å²) in [4.78, 5) is 12.0. The van der Waals surface area contributed by atoms with Gasteiger partial charge in [-0.15, -0.1) is 0 Å². The molecular formula is C18H20N4O2. The van der Waals surface area contributed by atoms with Crippen molar-refractivity contribution in [2.45, 2.75) is 27.3 Å². The number of carbonyl (C=O) groups is 1. The van der Waals surface area contributed by atoms with E-state index >= 15 is 0 Å².